The third-order valence-corrected chi connectivity index (χ3v) is 10.1. The van der Waals surface area contributed by atoms with Crippen LogP contribution in [-0.4, -0.2) is 92.9 Å². The number of nitrogens with one attached hydrogen (secondary N) is 3. The van der Waals surface area contributed by atoms with Crippen LogP contribution in [0.25, 0.3) is 0 Å². The Hall–Kier alpha value is -2.90. The van der Waals surface area contributed by atoms with Crippen molar-refractivity contribution in [3.05, 3.63) is 41.8 Å². The number of amides is 4. The van der Waals surface area contributed by atoms with Crippen LogP contribution in [0.1, 0.15) is 64.7 Å². The van der Waals surface area contributed by atoms with E-state index in [2.05, 4.69) is 16.0 Å². The van der Waals surface area contributed by atoms with Crippen molar-refractivity contribution in [1.29, 1.82) is 0 Å². The molecule has 0 aromatic heterocycles. The number of hydrogen-bond acceptors (Lipinski definition) is 8. The molecule has 13 heteroatoms. The van der Waals surface area contributed by atoms with E-state index in [9.17, 15) is 27.6 Å². The highest BCUT2D eigenvalue weighted by Gasteiger charge is 2.43. The van der Waals surface area contributed by atoms with Crippen LogP contribution >= 0.6 is 11.8 Å². The number of carbonyl (C=O) groups excluding carboxylic acids is 4. The van der Waals surface area contributed by atoms with Gasteiger partial charge in [-0.3, -0.25) is 14.4 Å². The highest BCUT2D eigenvalue weighted by Crippen LogP contribution is 2.29. The summed E-state index contributed by atoms with van der Waals surface area (Å²) in [5, 5.41) is 9.52. The lowest BCUT2D eigenvalue weighted by molar-refractivity contribution is -0.141. The summed E-state index contributed by atoms with van der Waals surface area (Å²) in [5.41, 5.74) is -1.18. The standard InChI is InChI=1S/C31H46N4O7S2/c1-3-4-13-26(33-29(38)31(16-9-6-10-17-31)34-30(39)35-18-20-42-21-19-35)27(36)28(37)32-24(14-22-43-2)15-23-44(40,41)25-11-7-5-8-12-25/h5,7-8,11-12,15,23-24,26H,3-4,6,9-10,13-14,16-22H2,1-2H3,(H,32,37)(H,33,38)(H,34,39)/t24-,26?/m0/s1. The molecule has 0 radical (unpaired) electrons. The van der Waals surface area contributed by atoms with Crippen molar-refractivity contribution in [2.75, 3.05) is 38.3 Å². The van der Waals surface area contributed by atoms with Gasteiger partial charge in [0.2, 0.25) is 11.7 Å². The SMILES string of the molecule is CCCCC(NC(=O)C1(NC(=O)N2CCOCC2)CCCCC1)C(=O)C(=O)N[C@H](C=CS(=O)(=O)c1ccccc1)CCSC. The zero-order chi connectivity index (χ0) is 32.0. The first-order valence-corrected chi connectivity index (χ1v) is 18.3. The van der Waals surface area contributed by atoms with E-state index >= 15 is 0 Å². The molecule has 244 valence electrons. The molecule has 3 rings (SSSR count). The van der Waals surface area contributed by atoms with Gasteiger partial charge >= 0.3 is 6.03 Å². The molecule has 1 saturated carbocycles. The van der Waals surface area contributed by atoms with Crippen molar-refractivity contribution < 1.29 is 32.3 Å². The fraction of sp³-hybridized carbons (Fsp3) is 0.613. The number of rotatable bonds is 15. The number of benzene rings is 1. The maximum absolute atomic E-state index is 13.8. The Bertz CT molecular complexity index is 1240. The Morgan fingerprint density at radius 1 is 1.02 bits per heavy atom. The van der Waals surface area contributed by atoms with Crippen molar-refractivity contribution in [3.63, 3.8) is 0 Å². The highest BCUT2D eigenvalue weighted by molar-refractivity contribution is 7.98. The summed E-state index contributed by atoms with van der Waals surface area (Å²) in [6.45, 7) is 3.67. The molecule has 1 aliphatic carbocycles. The number of unbranched alkanes of at least 4 members (excludes halogenated alkanes) is 1. The minimum Gasteiger partial charge on any atom is -0.378 e. The largest absolute Gasteiger partial charge is 0.378 e. The molecular weight excluding hydrogens is 604 g/mol. The quantitative estimate of drug-likeness (QED) is 0.245. The first kappa shape index (κ1) is 35.6. The molecule has 3 N–H and O–H groups in total. The Labute approximate surface area is 265 Å². The van der Waals surface area contributed by atoms with Gasteiger partial charge in [-0.15, -0.1) is 0 Å². The van der Waals surface area contributed by atoms with Crippen LogP contribution in [0, 0.1) is 0 Å². The second-order valence-corrected chi connectivity index (χ2v) is 14.1. The molecule has 4 amide bonds. The molecule has 44 heavy (non-hydrogen) atoms. The third-order valence-electron chi connectivity index (χ3n) is 7.99. The Morgan fingerprint density at radius 2 is 1.70 bits per heavy atom. The molecule has 1 aliphatic heterocycles. The number of carbonyl (C=O) groups is 4. The van der Waals surface area contributed by atoms with E-state index in [0.717, 1.165) is 31.1 Å². The first-order valence-electron chi connectivity index (χ1n) is 15.4. The fourth-order valence-corrected chi connectivity index (χ4v) is 6.91. The lowest BCUT2D eigenvalue weighted by Crippen LogP contribution is -2.64. The number of hydrogen-bond donors (Lipinski definition) is 3. The van der Waals surface area contributed by atoms with Crippen LogP contribution < -0.4 is 16.0 Å². The van der Waals surface area contributed by atoms with Gasteiger partial charge in [-0.05, 0) is 49.8 Å². The summed E-state index contributed by atoms with van der Waals surface area (Å²) in [6, 6.07) is 5.82. The normalized spacial score (nSPS) is 18.3. The minimum atomic E-state index is -3.74. The molecular formula is C31H46N4O7S2. The van der Waals surface area contributed by atoms with Crippen molar-refractivity contribution in [1.82, 2.24) is 20.9 Å². The number of Topliss-reactive ketones (excluding diaryl/α,β-unsaturated/α-hetero) is 1. The molecule has 1 unspecified atom stereocenters. The summed E-state index contributed by atoms with van der Waals surface area (Å²) in [7, 11) is -3.74. The highest BCUT2D eigenvalue weighted by atomic mass is 32.2. The summed E-state index contributed by atoms with van der Waals surface area (Å²) in [5.74, 6) is -1.54. The first-order chi connectivity index (χ1) is 21.1. The summed E-state index contributed by atoms with van der Waals surface area (Å²) in [6.07, 6.45) is 8.61. The van der Waals surface area contributed by atoms with Crippen LogP contribution in [0.5, 0.6) is 0 Å². The van der Waals surface area contributed by atoms with Crippen molar-refractivity contribution >= 4 is 45.2 Å². The van der Waals surface area contributed by atoms with Crippen molar-refractivity contribution in [2.45, 2.75) is 87.2 Å². The van der Waals surface area contributed by atoms with Crippen molar-refractivity contribution in [3.8, 4) is 0 Å². The molecule has 0 spiro atoms. The Balaban J connectivity index is 1.74. The predicted molar refractivity (Wildman–Crippen MR) is 171 cm³/mol. The summed E-state index contributed by atoms with van der Waals surface area (Å²) in [4.78, 5) is 55.4. The summed E-state index contributed by atoms with van der Waals surface area (Å²) >= 11 is 1.53. The van der Waals surface area contributed by atoms with Crippen LogP contribution in [-0.2, 0) is 29.0 Å². The van der Waals surface area contributed by atoms with E-state index < -0.39 is 45.1 Å². The number of urea groups is 1. The van der Waals surface area contributed by atoms with Gasteiger partial charge < -0.3 is 25.6 Å². The van der Waals surface area contributed by atoms with Gasteiger partial charge in [-0.2, -0.15) is 11.8 Å². The predicted octanol–water partition coefficient (Wildman–Crippen LogP) is 3.20. The van der Waals surface area contributed by atoms with E-state index in [0.29, 0.717) is 57.7 Å². The van der Waals surface area contributed by atoms with E-state index in [1.807, 2.05) is 13.2 Å². The Morgan fingerprint density at radius 3 is 2.34 bits per heavy atom. The van der Waals surface area contributed by atoms with Gasteiger partial charge in [-0.1, -0.05) is 63.3 Å². The molecule has 2 atom stereocenters. The second kappa shape index (κ2) is 17.6. The molecule has 2 aliphatic rings. The maximum Gasteiger partial charge on any atom is 0.318 e. The van der Waals surface area contributed by atoms with Gasteiger partial charge in [0, 0.05) is 24.5 Å². The number of ether oxygens (including phenoxy) is 1. The lowest BCUT2D eigenvalue weighted by atomic mass is 9.80. The molecule has 11 nitrogen and oxygen atoms in total. The fourth-order valence-electron chi connectivity index (χ4n) is 5.33. The van der Waals surface area contributed by atoms with E-state index in [1.54, 1.807) is 23.1 Å². The molecule has 1 saturated heterocycles. The number of ketones is 1. The lowest BCUT2D eigenvalue weighted by Gasteiger charge is -2.39. The van der Waals surface area contributed by atoms with Gasteiger partial charge in [0.1, 0.15) is 5.54 Å². The van der Waals surface area contributed by atoms with Gasteiger partial charge in [0.15, 0.2) is 9.84 Å². The number of morpholine rings is 1. The molecule has 1 heterocycles. The van der Waals surface area contributed by atoms with E-state index in [-0.39, 0.29) is 17.3 Å². The molecule has 1 aromatic carbocycles. The molecule has 0 bridgehead atoms. The molecule has 1 aromatic rings. The zero-order valence-corrected chi connectivity index (χ0v) is 27.4. The van der Waals surface area contributed by atoms with Crippen LogP contribution in [0.15, 0.2) is 46.7 Å². The van der Waals surface area contributed by atoms with Gasteiger partial charge in [-0.25, -0.2) is 13.2 Å². The minimum absolute atomic E-state index is 0.127. The third kappa shape index (κ3) is 10.3. The van der Waals surface area contributed by atoms with E-state index in [4.69, 9.17) is 4.74 Å². The van der Waals surface area contributed by atoms with Crippen LogP contribution in [0.3, 0.4) is 0 Å². The van der Waals surface area contributed by atoms with Gasteiger partial charge in [0.25, 0.3) is 5.91 Å². The van der Waals surface area contributed by atoms with Crippen LogP contribution in [0.2, 0.25) is 0 Å². The smallest absolute Gasteiger partial charge is 0.318 e. The number of thioether (sulfide) groups is 1. The zero-order valence-electron chi connectivity index (χ0n) is 25.7. The second-order valence-electron chi connectivity index (χ2n) is 11.3. The summed E-state index contributed by atoms with van der Waals surface area (Å²) < 4.78 is 30.9. The number of sulfone groups is 1. The Kier molecular flexibility index (Phi) is 14.2. The number of nitrogens with zero attached hydrogens (tertiary/aromatic N) is 1. The van der Waals surface area contributed by atoms with Gasteiger partial charge in [0.05, 0.1) is 24.2 Å². The monoisotopic (exact) mass is 650 g/mol. The average Bonchev–Trinajstić information content (AvgIpc) is 3.05. The van der Waals surface area contributed by atoms with Crippen LogP contribution in [0.4, 0.5) is 4.79 Å². The average molecular weight is 651 g/mol. The maximum atomic E-state index is 13.8. The molecule has 2 fully saturated rings. The van der Waals surface area contributed by atoms with E-state index in [1.165, 1.54) is 30.0 Å². The van der Waals surface area contributed by atoms with Crippen molar-refractivity contribution in [2.24, 2.45) is 0 Å². The topological polar surface area (TPSA) is 151 Å².